The van der Waals surface area contributed by atoms with Crippen LogP contribution in [0.4, 0.5) is 4.79 Å². The van der Waals surface area contributed by atoms with Crippen molar-refractivity contribution >= 4 is 23.9 Å². The minimum atomic E-state index is -1.07. The molecule has 9 heteroatoms. The van der Waals surface area contributed by atoms with Gasteiger partial charge in [0.25, 0.3) is 0 Å². The zero-order valence-electron chi connectivity index (χ0n) is 19.3. The summed E-state index contributed by atoms with van der Waals surface area (Å²) in [5, 5.41) is 12.1. The maximum Gasteiger partial charge on any atom is 0.408 e. The standard InChI is InChI=1S/C23H35N3O6/c1-5-6-7-8-9-10-19(27)25-14-13-16-11-12-18(21(29)30)26(16)20(28)17(15-25)24-22(31)32-23(2,3)4/h1,16-18H,6-15H2,2-4H3,(H,24,31)(H,29,30)/t16-,17+,18+/m1/s1. The number of hydrogen-bond donors (Lipinski definition) is 2. The summed E-state index contributed by atoms with van der Waals surface area (Å²) in [6.45, 7) is 5.51. The molecular weight excluding hydrogens is 414 g/mol. The van der Waals surface area contributed by atoms with Gasteiger partial charge in [-0.25, -0.2) is 9.59 Å². The predicted molar refractivity (Wildman–Crippen MR) is 118 cm³/mol. The van der Waals surface area contributed by atoms with Crippen LogP contribution in [0, 0.1) is 12.3 Å². The van der Waals surface area contributed by atoms with Gasteiger partial charge in [-0.05, 0) is 52.9 Å². The molecule has 2 aliphatic heterocycles. The molecule has 0 aromatic heterocycles. The SMILES string of the molecule is C#CCCCCCC(=O)N1CC[C@H]2CC[C@@H](C(=O)O)N2C(=O)[C@@H](NC(=O)OC(C)(C)C)C1. The molecule has 0 saturated carbocycles. The van der Waals surface area contributed by atoms with E-state index in [1.54, 1.807) is 25.7 Å². The second-order valence-corrected chi connectivity index (χ2v) is 9.42. The number of amides is 3. The lowest BCUT2D eigenvalue weighted by Crippen LogP contribution is -2.60. The van der Waals surface area contributed by atoms with Crippen molar-refractivity contribution in [2.45, 2.75) is 95.9 Å². The highest BCUT2D eigenvalue weighted by molar-refractivity contribution is 5.91. The number of terminal acetylenes is 1. The van der Waals surface area contributed by atoms with Crippen LogP contribution >= 0.6 is 0 Å². The highest BCUT2D eigenvalue weighted by atomic mass is 16.6. The number of rotatable bonds is 7. The van der Waals surface area contributed by atoms with E-state index >= 15 is 0 Å². The third kappa shape index (κ3) is 7.14. The molecule has 3 amide bonds. The van der Waals surface area contributed by atoms with Gasteiger partial charge in [-0.1, -0.05) is 6.42 Å². The van der Waals surface area contributed by atoms with Gasteiger partial charge >= 0.3 is 12.1 Å². The average Bonchev–Trinajstić information content (AvgIpc) is 3.10. The molecule has 32 heavy (non-hydrogen) atoms. The van der Waals surface area contributed by atoms with Crippen LogP contribution in [-0.4, -0.2) is 75.6 Å². The molecule has 0 radical (unpaired) electrons. The summed E-state index contributed by atoms with van der Waals surface area (Å²) >= 11 is 0. The third-order valence-electron chi connectivity index (χ3n) is 5.73. The number of ether oxygens (including phenoxy) is 1. The first kappa shape index (κ1) is 25.5. The molecule has 2 aliphatic rings. The van der Waals surface area contributed by atoms with E-state index in [-0.39, 0.29) is 18.5 Å². The molecule has 2 fully saturated rings. The molecule has 0 aliphatic carbocycles. The maximum atomic E-state index is 13.3. The van der Waals surface area contributed by atoms with E-state index in [2.05, 4.69) is 11.2 Å². The second-order valence-electron chi connectivity index (χ2n) is 9.42. The molecule has 2 heterocycles. The largest absolute Gasteiger partial charge is 0.480 e. The van der Waals surface area contributed by atoms with E-state index < -0.39 is 35.7 Å². The van der Waals surface area contributed by atoms with Crippen LogP contribution in [0.2, 0.25) is 0 Å². The van der Waals surface area contributed by atoms with Crippen LogP contribution in [0.15, 0.2) is 0 Å². The zero-order valence-corrected chi connectivity index (χ0v) is 19.3. The molecule has 0 aromatic carbocycles. The minimum absolute atomic E-state index is 0.0170. The smallest absolute Gasteiger partial charge is 0.408 e. The number of fused-ring (bicyclic) bond motifs is 1. The lowest BCUT2D eigenvalue weighted by atomic mass is 10.1. The topological polar surface area (TPSA) is 116 Å². The van der Waals surface area contributed by atoms with Crippen molar-refractivity contribution in [3.63, 3.8) is 0 Å². The molecular formula is C23H35N3O6. The van der Waals surface area contributed by atoms with Crippen molar-refractivity contribution in [3.8, 4) is 12.3 Å². The van der Waals surface area contributed by atoms with E-state index in [4.69, 9.17) is 11.2 Å². The molecule has 0 unspecified atom stereocenters. The Hall–Kier alpha value is -2.76. The summed E-state index contributed by atoms with van der Waals surface area (Å²) in [6, 6.07) is -2.27. The Bertz CT molecular complexity index is 754. The van der Waals surface area contributed by atoms with Gasteiger partial charge in [0.15, 0.2) is 0 Å². The van der Waals surface area contributed by atoms with E-state index in [1.807, 2.05) is 0 Å². The monoisotopic (exact) mass is 449 g/mol. The van der Waals surface area contributed by atoms with E-state index in [1.165, 1.54) is 4.90 Å². The first-order valence-electron chi connectivity index (χ1n) is 11.3. The van der Waals surface area contributed by atoms with Crippen LogP contribution in [0.1, 0.15) is 72.1 Å². The predicted octanol–water partition coefficient (Wildman–Crippen LogP) is 2.14. The molecule has 2 rings (SSSR count). The molecule has 2 N–H and O–H groups in total. The molecule has 0 spiro atoms. The molecule has 2 saturated heterocycles. The van der Waals surface area contributed by atoms with Crippen molar-refractivity contribution in [1.82, 2.24) is 15.1 Å². The summed E-state index contributed by atoms with van der Waals surface area (Å²) < 4.78 is 5.29. The van der Waals surface area contributed by atoms with Crippen LogP contribution < -0.4 is 5.32 Å². The number of hydrogen-bond acceptors (Lipinski definition) is 5. The van der Waals surface area contributed by atoms with Gasteiger partial charge < -0.3 is 25.0 Å². The maximum absolute atomic E-state index is 13.3. The fraction of sp³-hybridized carbons (Fsp3) is 0.739. The summed E-state index contributed by atoms with van der Waals surface area (Å²) in [6.07, 6.45) is 9.32. The third-order valence-corrected chi connectivity index (χ3v) is 5.73. The highest BCUT2D eigenvalue weighted by Crippen LogP contribution is 2.29. The van der Waals surface area contributed by atoms with Gasteiger partial charge in [0, 0.05) is 25.4 Å². The molecule has 0 bridgehead atoms. The summed E-state index contributed by atoms with van der Waals surface area (Å²) in [7, 11) is 0. The lowest BCUT2D eigenvalue weighted by Gasteiger charge is -2.38. The number of carbonyl (C=O) groups is 4. The quantitative estimate of drug-likeness (QED) is 0.454. The first-order chi connectivity index (χ1) is 15.0. The Morgan fingerprint density at radius 2 is 1.91 bits per heavy atom. The van der Waals surface area contributed by atoms with Crippen LogP contribution in [-0.2, 0) is 19.1 Å². The van der Waals surface area contributed by atoms with Crippen molar-refractivity contribution < 1.29 is 29.0 Å². The Balaban J connectivity index is 2.15. The highest BCUT2D eigenvalue weighted by Gasteiger charge is 2.45. The molecule has 9 nitrogen and oxygen atoms in total. The van der Waals surface area contributed by atoms with Crippen molar-refractivity contribution in [3.05, 3.63) is 0 Å². The number of carboxylic acid groups (broad SMARTS) is 1. The van der Waals surface area contributed by atoms with Crippen molar-refractivity contribution in [2.24, 2.45) is 0 Å². The zero-order chi connectivity index (χ0) is 23.9. The van der Waals surface area contributed by atoms with E-state index in [0.717, 1.165) is 12.8 Å². The normalized spacial score (nSPS) is 23.6. The van der Waals surface area contributed by atoms with Gasteiger partial charge in [-0.3, -0.25) is 9.59 Å². The Morgan fingerprint density at radius 3 is 2.53 bits per heavy atom. The van der Waals surface area contributed by atoms with Crippen molar-refractivity contribution in [2.75, 3.05) is 13.1 Å². The number of carbonyl (C=O) groups excluding carboxylic acids is 3. The fourth-order valence-electron chi connectivity index (χ4n) is 4.24. The number of alkyl carbamates (subject to hydrolysis) is 1. The molecule has 3 atom stereocenters. The van der Waals surface area contributed by atoms with Gasteiger partial charge in [0.05, 0.1) is 6.54 Å². The number of unbranched alkanes of at least 4 members (excludes halogenated alkanes) is 3. The number of nitrogens with zero attached hydrogens (tertiary/aromatic N) is 2. The van der Waals surface area contributed by atoms with Gasteiger partial charge in [0.2, 0.25) is 11.8 Å². The van der Waals surface area contributed by atoms with E-state index in [0.29, 0.717) is 45.1 Å². The minimum Gasteiger partial charge on any atom is -0.480 e. The average molecular weight is 450 g/mol. The number of nitrogens with one attached hydrogen (secondary N) is 1. The number of aliphatic carboxylic acids is 1. The molecule has 0 aromatic rings. The summed E-state index contributed by atoms with van der Waals surface area (Å²) in [5.41, 5.74) is -0.761. The summed E-state index contributed by atoms with van der Waals surface area (Å²) in [5.74, 6) is 0.947. The second kappa shape index (κ2) is 11.2. The Kier molecular flexibility index (Phi) is 8.93. The first-order valence-corrected chi connectivity index (χ1v) is 11.3. The Labute approximate surface area is 189 Å². The lowest BCUT2D eigenvalue weighted by molar-refractivity contribution is -0.152. The van der Waals surface area contributed by atoms with Gasteiger partial charge in [0.1, 0.15) is 17.7 Å². The molecule has 178 valence electrons. The number of carboxylic acids is 1. The fourth-order valence-corrected chi connectivity index (χ4v) is 4.24. The summed E-state index contributed by atoms with van der Waals surface area (Å²) in [4.78, 5) is 53.3. The van der Waals surface area contributed by atoms with Gasteiger partial charge in [-0.2, -0.15) is 0 Å². The van der Waals surface area contributed by atoms with Gasteiger partial charge in [-0.15, -0.1) is 12.3 Å². The van der Waals surface area contributed by atoms with Crippen LogP contribution in [0.5, 0.6) is 0 Å². The Morgan fingerprint density at radius 1 is 1.19 bits per heavy atom. The van der Waals surface area contributed by atoms with Crippen LogP contribution in [0.25, 0.3) is 0 Å². The van der Waals surface area contributed by atoms with Crippen molar-refractivity contribution in [1.29, 1.82) is 0 Å². The van der Waals surface area contributed by atoms with Crippen LogP contribution in [0.3, 0.4) is 0 Å². The van der Waals surface area contributed by atoms with E-state index in [9.17, 15) is 24.3 Å².